The molecule has 0 saturated carbocycles. The second kappa shape index (κ2) is 4.44. The van der Waals surface area contributed by atoms with E-state index >= 15 is 0 Å². The minimum Gasteiger partial charge on any atom is -0.481 e. The summed E-state index contributed by atoms with van der Waals surface area (Å²) in [7, 11) is 0. The molecule has 0 aliphatic carbocycles. The van der Waals surface area contributed by atoms with Gasteiger partial charge in [-0.25, -0.2) is 0 Å². The number of carboxylic acids is 1. The van der Waals surface area contributed by atoms with Gasteiger partial charge in [0.25, 0.3) is 0 Å². The smallest absolute Gasteiger partial charge is 0.304 e. The predicted molar refractivity (Wildman–Crippen MR) is 39.8 cm³/mol. The topological polar surface area (TPSA) is 37.3 Å². The number of thioether (sulfide) groups is 1. The van der Waals surface area contributed by atoms with Crippen LogP contribution in [-0.4, -0.2) is 22.6 Å². The van der Waals surface area contributed by atoms with Gasteiger partial charge in [-0.1, -0.05) is 6.08 Å². The molecule has 0 amide bonds. The zero-order valence-corrected chi connectivity index (χ0v) is 6.15. The molecule has 0 aromatic rings. The van der Waals surface area contributed by atoms with Crippen LogP contribution in [0.5, 0.6) is 0 Å². The highest BCUT2D eigenvalue weighted by Crippen LogP contribution is 2.10. The second-order valence-corrected chi connectivity index (χ2v) is 2.68. The Labute approximate surface area is 59.0 Å². The Morgan fingerprint density at radius 1 is 2.00 bits per heavy atom. The van der Waals surface area contributed by atoms with E-state index in [0.29, 0.717) is 0 Å². The van der Waals surface area contributed by atoms with E-state index in [1.807, 2.05) is 6.26 Å². The van der Waals surface area contributed by atoms with Gasteiger partial charge < -0.3 is 5.11 Å². The fourth-order valence-corrected chi connectivity index (χ4v) is 0.937. The molecule has 1 unspecified atom stereocenters. The van der Waals surface area contributed by atoms with E-state index in [-0.39, 0.29) is 11.7 Å². The van der Waals surface area contributed by atoms with Crippen LogP contribution in [0.2, 0.25) is 0 Å². The minimum atomic E-state index is -0.769. The molecule has 0 bridgehead atoms. The summed E-state index contributed by atoms with van der Waals surface area (Å²) in [6.45, 7) is 3.50. The number of carbonyl (C=O) groups is 1. The van der Waals surface area contributed by atoms with E-state index in [9.17, 15) is 4.79 Å². The van der Waals surface area contributed by atoms with Crippen LogP contribution in [0.3, 0.4) is 0 Å². The summed E-state index contributed by atoms with van der Waals surface area (Å²) in [6.07, 6.45) is 3.69. The van der Waals surface area contributed by atoms with Crippen LogP contribution >= 0.6 is 11.8 Å². The molecule has 3 heteroatoms. The highest BCUT2D eigenvalue weighted by atomic mass is 32.2. The molecule has 0 radical (unpaired) electrons. The lowest BCUT2D eigenvalue weighted by molar-refractivity contribution is -0.136. The summed E-state index contributed by atoms with van der Waals surface area (Å²) in [6, 6.07) is 0. The highest BCUT2D eigenvalue weighted by Gasteiger charge is 2.05. The molecule has 0 aromatic heterocycles. The summed E-state index contributed by atoms with van der Waals surface area (Å²) in [4.78, 5) is 10.1. The second-order valence-electron chi connectivity index (χ2n) is 1.61. The minimum absolute atomic E-state index is 0.0579. The molecule has 52 valence electrons. The molecule has 1 N–H and O–H groups in total. The van der Waals surface area contributed by atoms with E-state index in [1.165, 1.54) is 11.8 Å². The zero-order valence-electron chi connectivity index (χ0n) is 5.33. The van der Waals surface area contributed by atoms with Crippen LogP contribution in [0.25, 0.3) is 0 Å². The molecule has 1 atom stereocenters. The van der Waals surface area contributed by atoms with Crippen molar-refractivity contribution in [2.75, 3.05) is 6.26 Å². The van der Waals surface area contributed by atoms with Crippen molar-refractivity contribution in [2.24, 2.45) is 0 Å². The maximum Gasteiger partial charge on any atom is 0.304 e. The van der Waals surface area contributed by atoms with Gasteiger partial charge in [0, 0.05) is 5.25 Å². The van der Waals surface area contributed by atoms with E-state index in [4.69, 9.17) is 5.11 Å². The van der Waals surface area contributed by atoms with Crippen molar-refractivity contribution in [1.29, 1.82) is 0 Å². The first-order valence-corrected chi connectivity index (χ1v) is 3.86. The normalized spacial score (nSPS) is 12.6. The molecule has 0 fully saturated rings. The van der Waals surface area contributed by atoms with Gasteiger partial charge in [-0.05, 0) is 6.26 Å². The quantitative estimate of drug-likeness (QED) is 0.609. The Morgan fingerprint density at radius 3 is 2.67 bits per heavy atom. The van der Waals surface area contributed by atoms with Crippen molar-refractivity contribution in [3.8, 4) is 0 Å². The highest BCUT2D eigenvalue weighted by molar-refractivity contribution is 7.99. The number of hydrogen-bond donors (Lipinski definition) is 1. The Kier molecular flexibility index (Phi) is 4.22. The Morgan fingerprint density at radius 2 is 2.56 bits per heavy atom. The molecule has 9 heavy (non-hydrogen) atoms. The van der Waals surface area contributed by atoms with Gasteiger partial charge in [-0.3, -0.25) is 4.79 Å². The van der Waals surface area contributed by atoms with Crippen molar-refractivity contribution >= 4 is 17.7 Å². The summed E-state index contributed by atoms with van der Waals surface area (Å²) < 4.78 is 0. The van der Waals surface area contributed by atoms with E-state index in [1.54, 1.807) is 6.08 Å². The van der Waals surface area contributed by atoms with Gasteiger partial charge >= 0.3 is 5.97 Å². The summed E-state index contributed by atoms with van der Waals surface area (Å²) in [5.41, 5.74) is 0. The van der Waals surface area contributed by atoms with Gasteiger partial charge in [-0.15, -0.1) is 6.58 Å². The first-order valence-electron chi connectivity index (χ1n) is 2.58. The molecule has 0 saturated heterocycles. The third-order valence-corrected chi connectivity index (χ3v) is 1.91. The summed E-state index contributed by atoms with van der Waals surface area (Å²) in [5, 5.41) is 8.34. The average molecular weight is 146 g/mol. The van der Waals surface area contributed by atoms with Crippen LogP contribution in [0.15, 0.2) is 12.7 Å². The summed E-state index contributed by atoms with van der Waals surface area (Å²) >= 11 is 1.50. The first kappa shape index (κ1) is 8.56. The van der Waals surface area contributed by atoms with E-state index < -0.39 is 5.97 Å². The van der Waals surface area contributed by atoms with Crippen LogP contribution in [-0.2, 0) is 4.79 Å². The molecule has 0 rings (SSSR count). The Bertz CT molecular complexity index is 112. The fourth-order valence-electron chi connectivity index (χ4n) is 0.435. The van der Waals surface area contributed by atoms with Crippen molar-refractivity contribution in [3.63, 3.8) is 0 Å². The lowest BCUT2D eigenvalue weighted by Crippen LogP contribution is -2.05. The lowest BCUT2D eigenvalue weighted by atomic mass is 10.3. The van der Waals surface area contributed by atoms with Gasteiger partial charge in [0.1, 0.15) is 0 Å². The average Bonchev–Trinajstić information content (AvgIpc) is 1.82. The maximum atomic E-state index is 10.1. The van der Waals surface area contributed by atoms with Crippen molar-refractivity contribution in [2.45, 2.75) is 11.7 Å². The van der Waals surface area contributed by atoms with Crippen molar-refractivity contribution in [1.82, 2.24) is 0 Å². The van der Waals surface area contributed by atoms with E-state index in [0.717, 1.165) is 0 Å². The zero-order chi connectivity index (χ0) is 7.28. The van der Waals surface area contributed by atoms with Gasteiger partial charge in [0.05, 0.1) is 6.42 Å². The van der Waals surface area contributed by atoms with Gasteiger partial charge in [-0.2, -0.15) is 11.8 Å². The van der Waals surface area contributed by atoms with Crippen molar-refractivity contribution in [3.05, 3.63) is 12.7 Å². The molecular formula is C6H10O2S. The Hall–Kier alpha value is -0.440. The van der Waals surface area contributed by atoms with Crippen LogP contribution in [0.4, 0.5) is 0 Å². The maximum absolute atomic E-state index is 10.1. The predicted octanol–water partition coefficient (Wildman–Crippen LogP) is 1.38. The van der Waals surface area contributed by atoms with Crippen molar-refractivity contribution < 1.29 is 9.90 Å². The Balaban J connectivity index is 3.55. The number of carboxylic acid groups (broad SMARTS) is 1. The van der Waals surface area contributed by atoms with Crippen LogP contribution < -0.4 is 0 Å². The monoisotopic (exact) mass is 146 g/mol. The standard InChI is InChI=1S/C6H10O2S/c1-3-5(9-2)4-6(7)8/h3,5H,1,4H2,2H3,(H,7,8). The molecule has 0 aliphatic heterocycles. The first-order chi connectivity index (χ1) is 4.20. The number of hydrogen-bond acceptors (Lipinski definition) is 2. The third kappa shape index (κ3) is 4.09. The molecule has 0 spiro atoms. The lowest BCUT2D eigenvalue weighted by Gasteiger charge is -2.02. The number of rotatable bonds is 4. The van der Waals surface area contributed by atoms with Gasteiger partial charge in [0.15, 0.2) is 0 Å². The molecule has 0 heterocycles. The largest absolute Gasteiger partial charge is 0.481 e. The molecule has 0 aromatic carbocycles. The van der Waals surface area contributed by atoms with Crippen LogP contribution in [0, 0.1) is 0 Å². The fraction of sp³-hybridized carbons (Fsp3) is 0.500. The molecule has 0 aliphatic rings. The molecular weight excluding hydrogens is 136 g/mol. The van der Waals surface area contributed by atoms with Gasteiger partial charge in [0.2, 0.25) is 0 Å². The third-order valence-electron chi connectivity index (χ3n) is 0.941. The number of aliphatic carboxylic acids is 1. The van der Waals surface area contributed by atoms with Crippen LogP contribution in [0.1, 0.15) is 6.42 Å². The molecule has 2 nitrogen and oxygen atoms in total. The van der Waals surface area contributed by atoms with E-state index in [2.05, 4.69) is 6.58 Å². The summed E-state index contributed by atoms with van der Waals surface area (Å²) in [5.74, 6) is -0.769. The SMILES string of the molecule is C=CC(CC(=O)O)SC.